The Morgan fingerprint density at radius 1 is 1.05 bits per heavy atom. The average molecular weight is 284 g/mol. The molecule has 1 nitrogen and oxygen atoms in total. The molecule has 1 unspecified atom stereocenters. The zero-order chi connectivity index (χ0) is 14.5. The van der Waals surface area contributed by atoms with Crippen LogP contribution in [0.2, 0.25) is 0 Å². The Labute approximate surface area is 125 Å². The summed E-state index contributed by atoms with van der Waals surface area (Å²) in [4.78, 5) is 13.5. The van der Waals surface area contributed by atoms with Gasteiger partial charge in [0.05, 0.1) is 5.25 Å². The number of rotatable bonds is 5. The SMILES string of the molecule is CCc1ccc(C(=O)C(C)Sc2ccc(C)cc2)cc1. The van der Waals surface area contributed by atoms with Crippen molar-refractivity contribution >= 4 is 17.5 Å². The molecule has 0 saturated heterocycles. The number of carbonyl (C=O) groups is 1. The third-order valence-electron chi connectivity index (χ3n) is 3.35. The molecule has 0 N–H and O–H groups in total. The van der Waals surface area contributed by atoms with Crippen molar-refractivity contribution in [1.82, 2.24) is 0 Å². The van der Waals surface area contributed by atoms with Crippen molar-refractivity contribution in [3.63, 3.8) is 0 Å². The number of Topliss-reactive ketones (excluding diaryl/α,β-unsaturated/α-hetero) is 1. The minimum Gasteiger partial charge on any atom is -0.293 e. The van der Waals surface area contributed by atoms with Crippen LogP contribution in [0.25, 0.3) is 0 Å². The quantitative estimate of drug-likeness (QED) is 0.572. The van der Waals surface area contributed by atoms with Crippen molar-refractivity contribution < 1.29 is 4.79 Å². The topological polar surface area (TPSA) is 17.1 Å². The highest BCUT2D eigenvalue weighted by Crippen LogP contribution is 2.26. The van der Waals surface area contributed by atoms with Crippen molar-refractivity contribution in [3.05, 3.63) is 65.2 Å². The molecule has 0 fully saturated rings. The fourth-order valence-electron chi connectivity index (χ4n) is 2.01. The van der Waals surface area contributed by atoms with Gasteiger partial charge in [0.15, 0.2) is 5.78 Å². The van der Waals surface area contributed by atoms with E-state index in [0.29, 0.717) is 0 Å². The summed E-state index contributed by atoms with van der Waals surface area (Å²) in [6, 6.07) is 16.3. The zero-order valence-corrected chi connectivity index (χ0v) is 13.0. The monoisotopic (exact) mass is 284 g/mol. The van der Waals surface area contributed by atoms with Gasteiger partial charge in [-0.05, 0) is 38.0 Å². The fourth-order valence-corrected chi connectivity index (χ4v) is 2.96. The lowest BCUT2D eigenvalue weighted by Crippen LogP contribution is -2.13. The van der Waals surface area contributed by atoms with Gasteiger partial charge in [-0.15, -0.1) is 11.8 Å². The Kier molecular flexibility index (Phi) is 5.02. The molecule has 0 aliphatic rings. The van der Waals surface area contributed by atoms with Gasteiger partial charge in [0.25, 0.3) is 0 Å². The summed E-state index contributed by atoms with van der Waals surface area (Å²) in [5.74, 6) is 0.193. The molecule has 0 aliphatic heterocycles. The van der Waals surface area contributed by atoms with Crippen LogP contribution < -0.4 is 0 Å². The van der Waals surface area contributed by atoms with Crippen molar-refractivity contribution in [2.45, 2.75) is 37.3 Å². The molecule has 2 rings (SSSR count). The molecule has 0 spiro atoms. The Balaban J connectivity index is 2.05. The lowest BCUT2D eigenvalue weighted by molar-refractivity contribution is 0.0994. The third-order valence-corrected chi connectivity index (χ3v) is 4.46. The molecule has 0 aromatic heterocycles. The molecule has 0 aliphatic carbocycles. The Hall–Kier alpha value is -1.54. The first-order chi connectivity index (χ1) is 9.60. The van der Waals surface area contributed by atoms with Gasteiger partial charge in [-0.3, -0.25) is 4.79 Å². The van der Waals surface area contributed by atoms with Crippen LogP contribution in [-0.2, 0) is 6.42 Å². The van der Waals surface area contributed by atoms with Gasteiger partial charge in [0, 0.05) is 10.5 Å². The molecule has 0 bridgehead atoms. The van der Waals surface area contributed by atoms with E-state index >= 15 is 0 Å². The number of aryl methyl sites for hydroxylation is 2. The van der Waals surface area contributed by atoms with Gasteiger partial charge >= 0.3 is 0 Å². The van der Waals surface area contributed by atoms with E-state index in [1.54, 1.807) is 11.8 Å². The second-order valence-corrected chi connectivity index (χ2v) is 6.40. The first-order valence-electron chi connectivity index (χ1n) is 6.96. The highest BCUT2D eigenvalue weighted by molar-refractivity contribution is 8.00. The highest BCUT2D eigenvalue weighted by atomic mass is 32.2. The van der Waals surface area contributed by atoms with Gasteiger partial charge in [0.2, 0.25) is 0 Å². The number of hydrogen-bond donors (Lipinski definition) is 0. The summed E-state index contributed by atoms with van der Waals surface area (Å²) in [5, 5.41) is -0.0646. The van der Waals surface area contributed by atoms with Crippen molar-refractivity contribution in [2.75, 3.05) is 0 Å². The summed E-state index contributed by atoms with van der Waals surface area (Å²) in [6.07, 6.45) is 1.00. The molecule has 2 aromatic carbocycles. The van der Waals surface area contributed by atoms with Crippen LogP contribution in [0.4, 0.5) is 0 Å². The van der Waals surface area contributed by atoms with Crippen molar-refractivity contribution in [2.24, 2.45) is 0 Å². The van der Waals surface area contributed by atoms with Gasteiger partial charge < -0.3 is 0 Å². The summed E-state index contributed by atoms with van der Waals surface area (Å²) in [7, 11) is 0. The van der Waals surface area contributed by atoms with E-state index < -0.39 is 0 Å². The molecule has 2 heteroatoms. The van der Waals surface area contributed by atoms with Crippen LogP contribution in [0.5, 0.6) is 0 Å². The number of ketones is 1. The standard InChI is InChI=1S/C18H20OS/c1-4-15-7-9-16(10-8-15)18(19)14(3)20-17-11-5-13(2)6-12-17/h5-12,14H,4H2,1-3H3. The summed E-state index contributed by atoms with van der Waals surface area (Å²) in [5.41, 5.74) is 3.30. The maximum absolute atomic E-state index is 12.4. The molecule has 2 aromatic rings. The third kappa shape index (κ3) is 3.73. The van der Waals surface area contributed by atoms with E-state index in [1.807, 2.05) is 31.2 Å². The van der Waals surface area contributed by atoms with Crippen LogP contribution in [0.1, 0.15) is 35.3 Å². The zero-order valence-electron chi connectivity index (χ0n) is 12.2. The Bertz CT molecular complexity index is 569. The second kappa shape index (κ2) is 6.76. The van der Waals surface area contributed by atoms with E-state index in [0.717, 1.165) is 16.9 Å². The molecular weight excluding hydrogens is 264 g/mol. The second-order valence-electron chi connectivity index (χ2n) is 4.99. The molecule has 1 atom stereocenters. The molecule has 104 valence electrons. The van der Waals surface area contributed by atoms with E-state index in [9.17, 15) is 4.79 Å². The Morgan fingerprint density at radius 3 is 2.20 bits per heavy atom. The van der Waals surface area contributed by atoms with E-state index in [4.69, 9.17) is 0 Å². The average Bonchev–Trinajstić information content (AvgIpc) is 2.49. The predicted octanol–water partition coefficient (Wildman–Crippen LogP) is 4.92. The molecule has 0 amide bonds. The summed E-state index contributed by atoms with van der Waals surface area (Å²) < 4.78 is 0. The van der Waals surface area contributed by atoms with E-state index in [1.165, 1.54) is 11.1 Å². The summed E-state index contributed by atoms with van der Waals surface area (Å²) in [6.45, 7) is 6.16. The number of thioether (sulfide) groups is 1. The van der Waals surface area contributed by atoms with Crippen molar-refractivity contribution in [1.29, 1.82) is 0 Å². The van der Waals surface area contributed by atoms with E-state index in [-0.39, 0.29) is 11.0 Å². The van der Waals surface area contributed by atoms with Crippen molar-refractivity contribution in [3.8, 4) is 0 Å². The van der Waals surface area contributed by atoms with Gasteiger partial charge in [-0.25, -0.2) is 0 Å². The molecule has 0 saturated carbocycles. The van der Waals surface area contributed by atoms with E-state index in [2.05, 4.69) is 38.1 Å². The molecule has 0 radical (unpaired) electrons. The van der Waals surface area contributed by atoms with Crippen LogP contribution >= 0.6 is 11.8 Å². The van der Waals surface area contributed by atoms with Crippen LogP contribution in [0, 0.1) is 6.92 Å². The maximum atomic E-state index is 12.4. The molecular formula is C18H20OS. The first-order valence-corrected chi connectivity index (χ1v) is 7.84. The molecule has 20 heavy (non-hydrogen) atoms. The van der Waals surface area contributed by atoms with Gasteiger partial charge in [-0.2, -0.15) is 0 Å². The summed E-state index contributed by atoms with van der Waals surface area (Å²) >= 11 is 1.62. The largest absolute Gasteiger partial charge is 0.293 e. The van der Waals surface area contributed by atoms with Crippen LogP contribution in [-0.4, -0.2) is 11.0 Å². The lowest BCUT2D eigenvalue weighted by atomic mass is 10.1. The predicted molar refractivity (Wildman–Crippen MR) is 86.6 cm³/mol. The van der Waals surface area contributed by atoms with Crippen LogP contribution in [0.3, 0.4) is 0 Å². The fraction of sp³-hybridized carbons (Fsp3) is 0.278. The minimum atomic E-state index is -0.0646. The van der Waals surface area contributed by atoms with Gasteiger partial charge in [0.1, 0.15) is 0 Å². The normalized spacial score (nSPS) is 12.2. The Morgan fingerprint density at radius 2 is 1.65 bits per heavy atom. The number of carbonyl (C=O) groups excluding carboxylic acids is 1. The number of benzene rings is 2. The smallest absolute Gasteiger partial charge is 0.175 e. The maximum Gasteiger partial charge on any atom is 0.175 e. The molecule has 0 heterocycles. The lowest BCUT2D eigenvalue weighted by Gasteiger charge is -2.11. The van der Waals surface area contributed by atoms with Gasteiger partial charge in [-0.1, -0.05) is 48.9 Å². The van der Waals surface area contributed by atoms with Crippen LogP contribution in [0.15, 0.2) is 53.4 Å². The highest BCUT2D eigenvalue weighted by Gasteiger charge is 2.16. The first kappa shape index (κ1) is 14.9. The minimum absolute atomic E-state index is 0.0646. The number of hydrogen-bond acceptors (Lipinski definition) is 2.